The van der Waals surface area contributed by atoms with Crippen LogP contribution in [0.3, 0.4) is 0 Å². The van der Waals surface area contributed by atoms with Crippen molar-refractivity contribution in [2.24, 2.45) is 11.3 Å². The normalized spacial score (nSPS) is 40.4. The molecule has 2 heteroatoms. The molecule has 3 aliphatic carbocycles. The zero-order valence-corrected chi connectivity index (χ0v) is 11.0. The van der Waals surface area contributed by atoms with Crippen molar-refractivity contribution in [1.29, 1.82) is 0 Å². The topological polar surface area (TPSA) is 32.3 Å². The minimum absolute atomic E-state index is 0.00756. The van der Waals surface area contributed by atoms with Gasteiger partial charge in [0.2, 0.25) is 0 Å². The molecular formula is C15H27NO. The molecule has 3 rings (SSSR count). The van der Waals surface area contributed by atoms with E-state index in [1.54, 1.807) is 0 Å². The molecule has 0 saturated heterocycles. The van der Waals surface area contributed by atoms with Crippen LogP contribution in [-0.4, -0.2) is 23.8 Å². The van der Waals surface area contributed by atoms with Crippen molar-refractivity contribution < 1.29 is 5.11 Å². The first-order valence-corrected chi connectivity index (χ1v) is 7.70. The highest BCUT2D eigenvalue weighted by Crippen LogP contribution is 2.51. The predicted octanol–water partition coefficient (Wildman–Crippen LogP) is 2.85. The van der Waals surface area contributed by atoms with Gasteiger partial charge in [0.25, 0.3) is 0 Å². The molecule has 0 aromatic rings. The fourth-order valence-corrected chi connectivity index (χ4v) is 4.41. The summed E-state index contributed by atoms with van der Waals surface area (Å²) in [5, 5.41) is 13.4. The molecule has 0 bridgehead atoms. The van der Waals surface area contributed by atoms with Gasteiger partial charge in [0.15, 0.2) is 0 Å². The second-order valence-corrected chi connectivity index (χ2v) is 6.76. The number of hydrogen-bond donors (Lipinski definition) is 2. The predicted molar refractivity (Wildman–Crippen MR) is 69.9 cm³/mol. The quantitative estimate of drug-likeness (QED) is 0.791. The molecule has 3 unspecified atom stereocenters. The maximum absolute atomic E-state index is 9.55. The Morgan fingerprint density at radius 3 is 2.41 bits per heavy atom. The third-order valence-electron chi connectivity index (χ3n) is 5.69. The van der Waals surface area contributed by atoms with Crippen LogP contribution >= 0.6 is 0 Å². The average Bonchev–Trinajstić information content (AvgIpc) is 2.75. The van der Waals surface area contributed by atoms with Crippen LogP contribution in [0.5, 0.6) is 0 Å². The third-order valence-corrected chi connectivity index (χ3v) is 5.69. The summed E-state index contributed by atoms with van der Waals surface area (Å²) in [4.78, 5) is 0. The number of nitrogens with one attached hydrogen (secondary N) is 1. The lowest BCUT2D eigenvalue weighted by atomic mass is 9.57. The minimum Gasteiger partial charge on any atom is -0.393 e. The van der Waals surface area contributed by atoms with Gasteiger partial charge in [-0.1, -0.05) is 19.3 Å². The lowest BCUT2D eigenvalue weighted by molar-refractivity contribution is 0.0209. The summed E-state index contributed by atoms with van der Waals surface area (Å²) in [6.07, 6.45) is 13.5. The number of rotatable bonds is 3. The van der Waals surface area contributed by atoms with Gasteiger partial charge in [-0.2, -0.15) is 0 Å². The summed E-state index contributed by atoms with van der Waals surface area (Å²) in [7, 11) is 0. The summed E-state index contributed by atoms with van der Waals surface area (Å²) in [6.45, 7) is 1.16. The molecule has 0 aromatic heterocycles. The molecule has 3 fully saturated rings. The first-order valence-electron chi connectivity index (χ1n) is 7.70. The van der Waals surface area contributed by atoms with Crippen LogP contribution in [0.1, 0.15) is 64.2 Å². The number of hydrogen-bond acceptors (Lipinski definition) is 2. The molecule has 17 heavy (non-hydrogen) atoms. The van der Waals surface area contributed by atoms with Gasteiger partial charge in [-0.3, -0.25) is 0 Å². The lowest BCUT2D eigenvalue weighted by Gasteiger charge is -2.53. The Morgan fingerprint density at radius 2 is 1.82 bits per heavy atom. The highest BCUT2D eigenvalue weighted by molar-refractivity contribution is 5.01. The van der Waals surface area contributed by atoms with Crippen molar-refractivity contribution in [3.05, 3.63) is 0 Å². The molecule has 0 amide bonds. The van der Waals surface area contributed by atoms with E-state index in [9.17, 15) is 5.11 Å². The Kier molecular flexibility index (Phi) is 3.45. The van der Waals surface area contributed by atoms with E-state index in [1.807, 2.05) is 0 Å². The zero-order chi connectivity index (χ0) is 11.7. The second-order valence-electron chi connectivity index (χ2n) is 6.76. The third kappa shape index (κ3) is 2.39. The molecule has 0 heterocycles. The minimum atomic E-state index is -0.00756. The molecule has 2 nitrogen and oxygen atoms in total. The van der Waals surface area contributed by atoms with Crippen molar-refractivity contribution >= 4 is 0 Å². The Morgan fingerprint density at radius 1 is 1.00 bits per heavy atom. The Balaban J connectivity index is 1.46. The number of aliphatic hydroxyl groups is 1. The van der Waals surface area contributed by atoms with Gasteiger partial charge >= 0.3 is 0 Å². The van der Waals surface area contributed by atoms with Gasteiger partial charge in [0, 0.05) is 6.04 Å². The molecule has 3 aliphatic rings. The van der Waals surface area contributed by atoms with Gasteiger partial charge in [-0.05, 0) is 62.8 Å². The molecule has 0 aliphatic heterocycles. The first-order chi connectivity index (χ1) is 8.28. The molecule has 98 valence electrons. The summed E-state index contributed by atoms with van der Waals surface area (Å²) < 4.78 is 0. The van der Waals surface area contributed by atoms with Crippen LogP contribution in [0.4, 0.5) is 0 Å². The van der Waals surface area contributed by atoms with E-state index in [2.05, 4.69) is 5.32 Å². The van der Waals surface area contributed by atoms with E-state index in [4.69, 9.17) is 0 Å². The maximum atomic E-state index is 9.55. The van der Waals surface area contributed by atoms with Crippen molar-refractivity contribution in [2.75, 3.05) is 6.54 Å². The van der Waals surface area contributed by atoms with Gasteiger partial charge < -0.3 is 10.4 Å². The van der Waals surface area contributed by atoms with Gasteiger partial charge in [0.1, 0.15) is 0 Å². The molecule has 2 N–H and O–H groups in total. The van der Waals surface area contributed by atoms with Crippen molar-refractivity contribution in [3.8, 4) is 0 Å². The zero-order valence-electron chi connectivity index (χ0n) is 11.0. The molecular weight excluding hydrogens is 210 g/mol. The van der Waals surface area contributed by atoms with Crippen LogP contribution in [-0.2, 0) is 0 Å². The van der Waals surface area contributed by atoms with Crippen LogP contribution in [0.15, 0.2) is 0 Å². The highest BCUT2D eigenvalue weighted by atomic mass is 16.3. The van der Waals surface area contributed by atoms with Crippen LogP contribution in [0.2, 0.25) is 0 Å². The van der Waals surface area contributed by atoms with Crippen LogP contribution < -0.4 is 5.32 Å². The van der Waals surface area contributed by atoms with Crippen molar-refractivity contribution in [1.82, 2.24) is 5.32 Å². The average molecular weight is 237 g/mol. The fraction of sp³-hybridized carbons (Fsp3) is 1.00. The lowest BCUT2D eigenvalue weighted by Crippen LogP contribution is -2.55. The van der Waals surface area contributed by atoms with E-state index >= 15 is 0 Å². The van der Waals surface area contributed by atoms with Gasteiger partial charge in [-0.15, -0.1) is 0 Å². The second kappa shape index (κ2) is 4.89. The smallest absolute Gasteiger partial charge is 0.0543 e. The Hall–Kier alpha value is -0.0800. The summed E-state index contributed by atoms with van der Waals surface area (Å²) >= 11 is 0. The first kappa shape index (κ1) is 12.0. The molecule has 0 aromatic carbocycles. The largest absolute Gasteiger partial charge is 0.393 e. The molecule has 0 radical (unpaired) electrons. The summed E-state index contributed by atoms with van der Waals surface area (Å²) in [5.41, 5.74) is 0.690. The monoisotopic (exact) mass is 237 g/mol. The SMILES string of the molecule is OC1CCC(CNC2CCC23CCCCC3)C1. The van der Waals surface area contributed by atoms with Crippen molar-refractivity contribution in [3.63, 3.8) is 0 Å². The van der Waals surface area contributed by atoms with E-state index in [0.29, 0.717) is 5.41 Å². The Labute approximate surface area is 105 Å². The molecule has 3 atom stereocenters. The summed E-state index contributed by atoms with van der Waals surface area (Å²) in [6, 6.07) is 0.806. The highest BCUT2D eigenvalue weighted by Gasteiger charge is 2.46. The molecule has 1 spiro atoms. The van der Waals surface area contributed by atoms with E-state index in [1.165, 1.54) is 51.4 Å². The van der Waals surface area contributed by atoms with E-state index in [0.717, 1.165) is 31.3 Å². The van der Waals surface area contributed by atoms with Gasteiger partial charge in [-0.25, -0.2) is 0 Å². The standard InChI is InChI=1S/C15H27NO/c17-13-5-4-12(10-13)11-16-14-6-9-15(14)7-2-1-3-8-15/h12-14,16-17H,1-11H2. The van der Waals surface area contributed by atoms with Crippen LogP contribution in [0, 0.1) is 11.3 Å². The van der Waals surface area contributed by atoms with Crippen LogP contribution in [0.25, 0.3) is 0 Å². The van der Waals surface area contributed by atoms with E-state index < -0.39 is 0 Å². The fourth-order valence-electron chi connectivity index (χ4n) is 4.41. The van der Waals surface area contributed by atoms with Gasteiger partial charge in [0.05, 0.1) is 6.10 Å². The maximum Gasteiger partial charge on any atom is 0.0543 e. The van der Waals surface area contributed by atoms with Crippen molar-refractivity contribution in [2.45, 2.75) is 76.4 Å². The number of aliphatic hydroxyl groups excluding tert-OH is 1. The van der Waals surface area contributed by atoms with E-state index in [-0.39, 0.29) is 6.10 Å². The molecule has 3 saturated carbocycles. The summed E-state index contributed by atoms with van der Waals surface area (Å²) in [5.74, 6) is 0.742. The Bertz CT molecular complexity index is 260.